The van der Waals surface area contributed by atoms with Crippen molar-refractivity contribution in [3.05, 3.63) is 107 Å². The van der Waals surface area contributed by atoms with Crippen molar-refractivity contribution in [1.82, 2.24) is 4.90 Å². The Balaban J connectivity index is 1.64. The molecule has 3 aromatic rings. The Labute approximate surface area is 157 Å². The van der Waals surface area contributed by atoms with Crippen molar-refractivity contribution in [2.24, 2.45) is 0 Å². The second-order valence-electron chi connectivity index (χ2n) is 7.68. The minimum Gasteiger partial charge on any atom is -0.305 e. The van der Waals surface area contributed by atoms with Crippen molar-refractivity contribution < 1.29 is 0 Å². The molecule has 1 aliphatic rings. The molecule has 0 saturated heterocycles. The van der Waals surface area contributed by atoms with Crippen LogP contribution in [0.1, 0.15) is 33.7 Å². The zero-order valence-electron chi connectivity index (χ0n) is 15.7. The van der Waals surface area contributed by atoms with Gasteiger partial charge in [0.25, 0.3) is 0 Å². The first-order valence-electron chi connectivity index (χ1n) is 9.57. The highest BCUT2D eigenvalue weighted by Gasteiger charge is 2.33. The van der Waals surface area contributed by atoms with Crippen molar-refractivity contribution in [2.45, 2.75) is 31.2 Å². The topological polar surface area (TPSA) is 3.24 Å². The summed E-state index contributed by atoms with van der Waals surface area (Å²) in [5.41, 5.74) is 7.40. The van der Waals surface area contributed by atoms with E-state index in [1.807, 2.05) is 0 Å². The first kappa shape index (κ1) is 17.1. The van der Waals surface area contributed by atoms with E-state index in [0.29, 0.717) is 12.0 Å². The molecule has 2 unspecified atom stereocenters. The fourth-order valence-corrected chi connectivity index (χ4v) is 4.43. The molecule has 0 amide bonds. The maximum atomic E-state index is 2.41. The monoisotopic (exact) mass is 341 g/mol. The number of hydrogen-bond acceptors (Lipinski definition) is 1. The molecule has 2 atom stereocenters. The maximum absolute atomic E-state index is 2.41. The second kappa shape index (κ2) is 7.47. The molecule has 0 saturated carbocycles. The third-order valence-corrected chi connectivity index (χ3v) is 5.81. The van der Waals surface area contributed by atoms with Gasteiger partial charge in [-0.25, -0.2) is 0 Å². The zero-order valence-corrected chi connectivity index (χ0v) is 15.7. The molecule has 0 N–H and O–H groups in total. The Bertz CT molecular complexity index is 866. The molecular formula is C25H27N. The molecular weight excluding hydrogens is 314 g/mol. The molecule has 1 nitrogen and oxygen atoms in total. The Morgan fingerprint density at radius 2 is 1.42 bits per heavy atom. The molecule has 0 heterocycles. The third kappa shape index (κ3) is 3.45. The van der Waals surface area contributed by atoms with Crippen molar-refractivity contribution in [1.29, 1.82) is 0 Å². The minimum atomic E-state index is 0.568. The van der Waals surface area contributed by atoms with Crippen LogP contribution in [0, 0.1) is 0 Å². The van der Waals surface area contributed by atoms with Gasteiger partial charge in [-0.15, -0.1) is 0 Å². The molecule has 132 valence electrons. The summed E-state index contributed by atoms with van der Waals surface area (Å²) in [5, 5.41) is 0. The fraction of sp³-hybridized carbons (Fsp3) is 0.280. The van der Waals surface area contributed by atoms with Crippen LogP contribution in [0.25, 0.3) is 0 Å². The van der Waals surface area contributed by atoms with E-state index in [2.05, 4.69) is 97.9 Å². The van der Waals surface area contributed by atoms with Gasteiger partial charge in [0, 0.05) is 12.0 Å². The van der Waals surface area contributed by atoms with Crippen LogP contribution in [-0.2, 0) is 19.3 Å². The summed E-state index contributed by atoms with van der Waals surface area (Å²) in [5.74, 6) is 0.568. The van der Waals surface area contributed by atoms with E-state index in [4.69, 9.17) is 0 Å². The number of benzene rings is 3. The van der Waals surface area contributed by atoms with Gasteiger partial charge >= 0.3 is 0 Å². The average Bonchev–Trinajstić information content (AvgIpc) is 3.03. The second-order valence-corrected chi connectivity index (χ2v) is 7.68. The molecule has 3 aromatic carbocycles. The van der Waals surface area contributed by atoms with Crippen LogP contribution in [0.2, 0.25) is 0 Å². The molecule has 26 heavy (non-hydrogen) atoms. The number of likely N-dealkylation sites (N-methyl/N-ethyl adjacent to an activating group) is 1. The first-order chi connectivity index (χ1) is 12.7. The third-order valence-electron chi connectivity index (χ3n) is 5.81. The summed E-state index contributed by atoms with van der Waals surface area (Å²) in [6.07, 6.45) is 3.29. The molecule has 1 aliphatic carbocycles. The summed E-state index contributed by atoms with van der Waals surface area (Å²) in [4.78, 5) is 2.41. The molecule has 0 bridgehead atoms. The van der Waals surface area contributed by atoms with Crippen molar-refractivity contribution >= 4 is 0 Å². The molecule has 0 fully saturated rings. The summed E-state index contributed by atoms with van der Waals surface area (Å²) >= 11 is 0. The van der Waals surface area contributed by atoms with Crippen LogP contribution in [-0.4, -0.2) is 25.0 Å². The lowest BCUT2D eigenvalue weighted by Crippen LogP contribution is -2.32. The van der Waals surface area contributed by atoms with Gasteiger partial charge in [-0.05, 0) is 61.2 Å². The predicted octanol–water partition coefficient (Wildman–Crippen LogP) is 5.09. The lowest BCUT2D eigenvalue weighted by molar-refractivity contribution is 0.265. The van der Waals surface area contributed by atoms with Gasteiger partial charge < -0.3 is 4.90 Å². The Hall–Kier alpha value is -2.38. The zero-order chi connectivity index (χ0) is 17.9. The van der Waals surface area contributed by atoms with Crippen molar-refractivity contribution in [2.75, 3.05) is 14.1 Å². The molecule has 1 heteroatoms. The van der Waals surface area contributed by atoms with E-state index in [-0.39, 0.29) is 0 Å². The summed E-state index contributed by atoms with van der Waals surface area (Å²) in [7, 11) is 4.44. The van der Waals surface area contributed by atoms with Gasteiger partial charge in [0.1, 0.15) is 0 Å². The van der Waals surface area contributed by atoms with Gasteiger partial charge in [0.15, 0.2) is 0 Å². The minimum absolute atomic E-state index is 0.568. The highest BCUT2D eigenvalue weighted by molar-refractivity contribution is 5.41. The lowest BCUT2D eigenvalue weighted by Gasteiger charge is -2.27. The lowest BCUT2D eigenvalue weighted by atomic mass is 9.87. The average molecular weight is 341 g/mol. The Morgan fingerprint density at radius 1 is 0.769 bits per heavy atom. The van der Waals surface area contributed by atoms with E-state index < -0.39 is 0 Å². The molecule has 0 radical (unpaired) electrons. The SMILES string of the molecule is CN(C)C1Cc2ccccc2C1Cc1ccccc1Cc1ccccc1. The van der Waals surface area contributed by atoms with Gasteiger partial charge in [-0.1, -0.05) is 78.9 Å². The van der Waals surface area contributed by atoms with E-state index in [1.165, 1.54) is 22.3 Å². The molecule has 0 aliphatic heterocycles. The van der Waals surface area contributed by atoms with Crippen LogP contribution < -0.4 is 0 Å². The predicted molar refractivity (Wildman–Crippen MR) is 110 cm³/mol. The summed E-state index contributed by atoms with van der Waals surface area (Å²) in [6.45, 7) is 0. The van der Waals surface area contributed by atoms with Crippen LogP contribution in [0.3, 0.4) is 0 Å². The quantitative estimate of drug-likeness (QED) is 0.625. The normalized spacial score (nSPS) is 18.9. The highest BCUT2D eigenvalue weighted by atomic mass is 15.1. The number of fused-ring (bicyclic) bond motifs is 1. The first-order valence-corrected chi connectivity index (χ1v) is 9.57. The van der Waals surface area contributed by atoms with Gasteiger partial charge in [-0.2, -0.15) is 0 Å². The van der Waals surface area contributed by atoms with E-state index in [9.17, 15) is 0 Å². The van der Waals surface area contributed by atoms with Gasteiger partial charge in [-0.3, -0.25) is 0 Å². The molecule has 0 aromatic heterocycles. The summed E-state index contributed by atoms with van der Waals surface area (Å²) < 4.78 is 0. The highest BCUT2D eigenvalue weighted by Crippen LogP contribution is 2.38. The summed E-state index contributed by atoms with van der Waals surface area (Å²) in [6, 6.07) is 29.4. The van der Waals surface area contributed by atoms with Crippen molar-refractivity contribution in [3.8, 4) is 0 Å². The van der Waals surface area contributed by atoms with E-state index in [0.717, 1.165) is 19.3 Å². The number of nitrogens with zero attached hydrogens (tertiary/aromatic N) is 1. The van der Waals surface area contributed by atoms with E-state index >= 15 is 0 Å². The van der Waals surface area contributed by atoms with Crippen molar-refractivity contribution in [3.63, 3.8) is 0 Å². The standard InChI is InChI=1S/C25H27N/c1-26(2)25-18-22-14-8-9-15-23(22)24(25)17-21-13-7-6-12-20(21)16-19-10-4-3-5-11-19/h3-15,24-25H,16-18H2,1-2H3. The smallest absolute Gasteiger partial charge is 0.0202 e. The van der Waals surface area contributed by atoms with Crippen LogP contribution in [0.15, 0.2) is 78.9 Å². The maximum Gasteiger partial charge on any atom is 0.0202 e. The fourth-order valence-electron chi connectivity index (χ4n) is 4.43. The van der Waals surface area contributed by atoms with E-state index in [1.54, 1.807) is 5.56 Å². The van der Waals surface area contributed by atoms with Crippen LogP contribution >= 0.6 is 0 Å². The Kier molecular flexibility index (Phi) is 4.90. The van der Waals surface area contributed by atoms with Crippen LogP contribution in [0.4, 0.5) is 0 Å². The Morgan fingerprint density at radius 3 is 2.19 bits per heavy atom. The number of rotatable bonds is 5. The number of hydrogen-bond donors (Lipinski definition) is 0. The van der Waals surface area contributed by atoms with Gasteiger partial charge in [0.2, 0.25) is 0 Å². The van der Waals surface area contributed by atoms with Gasteiger partial charge in [0.05, 0.1) is 0 Å². The largest absolute Gasteiger partial charge is 0.305 e. The molecule has 0 spiro atoms. The van der Waals surface area contributed by atoms with Crippen LogP contribution in [0.5, 0.6) is 0 Å². The molecule has 4 rings (SSSR count).